The second-order valence-electron chi connectivity index (χ2n) is 3.27. The van der Waals surface area contributed by atoms with E-state index in [4.69, 9.17) is 0 Å². The molecule has 0 spiro atoms. The minimum atomic E-state index is 0.122. The highest BCUT2D eigenvalue weighted by molar-refractivity contribution is 5.76. The van der Waals surface area contributed by atoms with Gasteiger partial charge in [-0.3, -0.25) is 4.79 Å². The summed E-state index contributed by atoms with van der Waals surface area (Å²) in [5.41, 5.74) is 0. The van der Waals surface area contributed by atoms with Crippen LogP contribution in [0.4, 0.5) is 0 Å². The molecule has 1 unspecified atom stereocenters. The first-order valence-electron chi connectivity index (χ1n) is 4.70. The summed E-state index contributed by atoms with van der Waals surface area (Å²) in [6.45, 7) is 4.28. The molecule has 13 heavy (non-hydrogen) atoms. The van der Waals surface area contributed by atoms with Gasteiger partial charge in [0.15, 0.2) is 0 Å². The van der Waals surface area contributed by atoms with Crippen molar-refractivity contribution < 1.29 is 4.79 Å². The van der Waals surface area contributed by atoms with Gasteiger partial charge in [-0.05, 0) is 32.4 Å². The lowest BCUT2D eigenvalue weighted by Crippen LogP contribution is -2.26. The smallest absolute Gasteiger partial charge is 0.221 e. The van der Waals surface area contributed by atoms with E-state index < -0.39 is 0 Å². The Hall–Kier alpha value is -1.01. The van der Waals surface area contributed by atoms with Crippen LogP contribution in [0.5, 0.6) is 0 Å². The number of amides is 1. The SMILES string of the molecule is CC#CCNC(=O)CC1CCNC1. The second kappa shape index (κ2) is 5.60. The maximum absolute atomic E-state index is 11.3. The number of carbonyl (C=O) groups excluding carboxylic acids is 1. The van der Waals surface area contributed by atoms with Crippen molar-refractivity contribution in [1.29, 1.82) is 0 Å². The van der Waals surface area contributed by atoms with Crippen LogP contribution in [-0.2, 0) is 4.79 Å². The largest absolute Gasteiger partial charge is 0.345 e. The molecule has 0 aromatic heterocycles. The van der Waals surface area contributed by atoms with Crippen LogP contribution >= 0.6 is 0 Å². The van der Waals surface area contributed by atoms with Gasteiger partial charge < -0.3 is 10.6 Å². The average Bonchev–Trinajstić information content (AvgIpc) is 2.57. The molecule has 0 radical (unpaired) electrons. The summed E-state index contributed by atoms with van der Waals surface area (Å²) in [6, 6.07) is 0. The molecule has 1 fully saturated rings. The predicted octanol–water partition coefficient (Wildman–Crippen LogP) is 0.126. The zero-order chi connectivity index (χ0) is 9.52. The van der Waals surface area contributed by atoms with Crippen LogP contribution in [0.3, 0.4) is 0 Å². The fourth-order valence-corrected chi connectivity index (χ4v) is 1.45. The Morgan fingerprint density at radius 3 is 3.15 bits per heavy atom. The highest BCUT2D eigenvalue weighted by atomic mass is 16.1. The molecule has 1 atom stereocenters. The minimum Gasteiger partial charge on any atom is -0.345 e. The summed E-state index contributed by atoms with van der Waals surface area (Å²) >= 11 is 0. The number of carbonyl (C=O) groups is 1. The summed E-state index contributed by atoms with van der Waals surface area (Å²) in [4.78, 5) is 11.3. The van der Waals surface area contributed by atoms with Gasteiger partial charge in [0.05, 0.1) is 6.54 Å². The fraction of sp³-hybridized carbons (Fsp3) is 0.700. The van der Waals surface area contributed by atoms with Crippen molar-refractivity contribution in [2.24, 2.45) is 5.92 Å². The third kappa shape index (κ3) is 3.95. The van der Waals surface area contributed by atoms with Crippen LogP contribution in [0.25, 0.3) is 0 Å². The van der Waals surface area contributed by atoms with Gasteiger partial charge in [0.25, 0.3) is 0 Å². The van der Waals surface area contributed by atoms with E-state index in [0.717, 1.165) is 19.5 Å². The zero-order valence-electron chi connectivity index (χ0n) is 8.02. The molecule has 0 bridgehead atoms. The Morgan fingerprint density at radius 1 is 1.69 bits per heavy atom. The predicted molar refractivity (Wildman–Crippen MR) is 52.1 cm³/mol. The summed E-state index contributed by atoms with van der Waals surface area (Å²) in [5, 5.41) is 6.01. The maximum atomic E-state index is 11.3. The average molecular weight is 180 g/mol. The first-order valence-corrected chi connectivity index (χ1v) is 4.70. The van der Waals surface area contributed by atoms with Crippen molar-refractivity contribution >= 4 is 5.91 Å². The topological polar surface area (TPSA) is 41.1 Å². The fourth-order valence-electron chi connectivity index (χ4n) is 1.45. The lowest BCUT2D eigenvalue weighted by Gasteiger charge is -2.06. The van der Waals surface area contributed by atoms with Gasteiger partial charge in [0.2, 0.25) is 5.91 Å². The molecule has 3 heteroatoms. The van der Waals surface area contributed by atoms with Gasteiger partial charge in [0.1, 0.15) is 0 Å². The Morgan fingerprint density at radius 2 is 2.54 bits per heavy atom. The van der Waals surface area contributed by atoms with E-state index in [-0.39, 0.29) is 5.91 Å². The molecule has 0 aromatic carbocycles. The van der Waals surface area contributed by atoms with Gasteiger partial charge in [-0.15, -0.1) is 5.92 Å². The molecule has 2 N–H and O–H groups in total. The van der Waals surface area contributed by atoms with Gasteiger partial charge in [-0.25, -0.2) is 0 Å². The van der Waals surface area contributed by atoms with E-state index in [1.54, 1.807) is 6.92 Å². The molecule has 72 valence electrons. The summed E-state index contributed by atoms with van der Waals surface area (Å²) in [5.74, 6) is 6.19. The lowest BCUT2D eigenvalue weighted by atomic mass is 10.0. The van der Waals surface area contributed by atoms with Gasteiger partial charge in [0, 0.05) is 6.42 Å². The highest BCUT2D eigenvalue weighted by Gasteiger charge is 2.17. The van der Waals surface area contributed by atoms with Crippen LogP contribution < -0.4 is 10.6 Å². The molecule has 0 saturated carbocycles. The van der Waals surface area contributed by atoms with Crippen LogP contribution in [0.15, 0.2) is 0 Å². The molecular formula is C10H16N2O. The minimum absolute atomic E-state index is 0.122. The van der Waals surface area contributed by atoms with E-state index in [2.05, 4.69) is 22.5 Å². The number of nitrogens with one attached hydrogen (secondary N) is 2. The molecule has 1 rings (SSSR count). The summed E-state index contributed by atoms with van der Waals surface area (Å²) in [6.07, 6.45) is 1.76. The standard InChI is InChI=1S/C10H16N2O/c1-2-3-5-12-10(13)7-9-4-6-11-8-9/h9,11H,4-8H2,1H3,(H,12,13). The molecule has 1 saturated heterocycles. The molecule has 1 aliphatic rings. The van der Waals surface area contributed by atoms with Crippen molar-refractivity contribution in [2.75, 3.05) is 19.6 Å². The van der Waals surface area contributed by atoms with E-state index >= 15 is 0 Å². The van der Waals surface area contributed by atoms with Crippen LogP contribution in [0.1, 0.15) is 19.8 Å². The second-order valence-corrected chi connectivity index (χ2v) is 3.27. The van der Waals surface area contributed by atoms with E-state index in [9.17, 15) is 4.79 Å². The Kier molecular flexibility index (Phi) is 4.34. The van der Waals surface area contributed by atoms with Crippen molar-refractivity contribution in [2.45, 2.75) is 19.8 Å². The number of hydrogen-bond acceptors (Lipinski definition) is 2. The summed E-state index contributed by atoms with van der Waals surface area (Å²) in [7, 11) is 0. The Bertz CT molecular complexity index is 221. The van der Waals surface area contributed by atoms with E-state index in [1.165, 1.54) is 0 Å². The van der Waals surface area contributed by atoms with Crippen molar-refractivity contribution in [1.82, 2.24) is 10.6 Å². The highest BCUT2D eigenvalue weighted by Crippen LogP contribution is 2.11. The van der Waals surface area contributed by atoms with E-state index in [1.807, 2.05) is 0 Å². The Balaban J connectivity index is 2.11. The van der Waals surface area contributed by atoms with Gasteiger partial charge in [-0.2, -0.15) is 0 Å². The van der Waals surface area contributed by atoms with Crippen molar-refractivity contribution in [3.8, 4) is 11.8 Å². The third-order valence-electron chi connectivity index (χ3n) is 2.19. The Labute approximate surface area is 79.3 Å². The van der Waals surface area contributed by atoms with E-state index in [0.29, 0.717) is 18.9 Å². The van der Waals surface area contributed by atoms with Crippen molar-refractivity contribution in [3.63, 3.8) is 0 Å². The molecule has 1 aliphatic heterocycles. The first-order chi connectivity index (χ1) is 6.33. The quantitative estimate of drug-likeness (QED) is 0.606. The number of hydrogen-bond donors (Lipinski definition) is 2. The zero-order valence-corrected chi connectivity index (χ0v) is 8.02. The molecule has 0 aromatic rings. The van der Waals surface area contributed by atoms with Crippen LogP contribution in [-0.4, -0.2) is 25.5 Å². The van der Waals surface area contributed by atoms with Crippen LogP contribution in [0.2, 0.25) is 0 Å². The molecule has 3 nitrogen and oxygen atoms in total. The van der Waals surface area contributed by atoms with Gasteiger partial charge >= 0.3 is 0 Å². The first kappa shape index (κ1) is 10.1. The monoisotopic (exact) mass is 180 g/mol. The third-order valence-corrected chi connectivity index (χ3v) is 2.19. The molecule has 0 aliphatic carbocycles. The summed E-state index contributed by atoms with van der Waals surface area (Å²) < 4.78 is 0. The number of rotatable bonds is 3. The van der Waals surface area contributed by atoms with Crippen LogP contribution in [0, 0.1) is 17.8 Å². The van der Waals surface area contributed by atoms with Gasteiger partial charge in [-0.1, -0.05) is 5.92 Å². The maximum Gasteiger partial charge on any atom is 0.221 e. The normalized spacial score (nSPS) is 20.5. The molecule has 1 heterocycles. The van der Waals surface area contributed by atoms with Crippen molar-refractivity contribution in [3.05, 3.63) is 0 Å². The molecular weight excluding hydrogens is 164 g/mol. The lowest BCUT2D eigenvalue weighted by molar-refractivity contribution is -0.121. The molecule has 1 amide bonds.